The average Bonchev–Trinajstić information content (AvgIpc) is 2.30. The highest BCUT2D eigenvalue weighted by atomic mass is 16.5. The molecule has 4 heteroatoms. The fourth-order valence-corrected chi connectivity index (χ4v) is 3.58. The molecule has 0 radical (unpaired) electrons. The Balaban J connectivity index is 1.56. The lowest BCUT2D eigenvalue weighted by Gasteiger charge is -2.56. The van der Waals surface area contributed by atoms with Crippen LogP contribution in [0.5, 0.6) is 0 Å². The normalized spacial score (nSPS) is 43.8. The van der Waals surface area contributed by atoms with E-state index in [1.807, 2.05) is 0 Å². The average molecular weight is 225 g/mol. The van der Waals surface area contributed by atoms with E-state index in [4.69, 9.17) is 9.84 Å². The topological polar surface area (TPSA) is 49.8 Å². The first-order chi connectivity index (χ1) is 7.75. The van der Waals surface area contributed by atoms with Crippen molar-refractivity contribution >= 4 is 5.97 Å². The molecule has 1 N–H and O–H groups in total. The van der Waals surface area contributed by atoms with Crippen LogP contribution >= 0.6 is 0 Å². The molecule has 0 spiro atoms. The Morgan fingerprint density at radius 3 is 2.19 bits per heavy atom. The third-order valence-corrected chi connectivity index (χ3v) is 4.48. The predicted octanol–water partition coefficient (Wildman–Crippen LogP) is 1.10. The fourth-order valence-electron chi connectivity index (χ4n) is 3.58. The highest BCUT2D eigenvalue weighted by molar-refractivity contribution is 5.70. The van der Waals surface area contributed by atoms with Crippen molar-refractivity contribution in [2.45, 2.75) is 50.2 Å². The summed E-state index contributed by atoms with van der Waals surface area (Å²) in [6.07, 6.45) is 5.13. The second-order valence-electron chi connectivity index (χ2n) is 5.37. The van der Waals surface area contributed by atoms with E-state index >= 15 is 0 Å². The largest absolute Gasteiger partial charge is 0.481 e. The molecule has 1 saturated carbocycles. The van der Waals surface area contributed by atoms with Crippen LogP contribution in [0.2, 0.25) is 0 Å². The van der Waals surface area contributed by atoms with Crippen molar-refractivity contribution < 1.29 is 14.6 Å². The first kappa shape index (κ1) is 10.5. The lowest BCUT2D eigenvalue weighted by molar-refractivity contribution is -0.157. The molecular weight excluding hydrogens is 206 g/mol. The maximum Gasteiger partial charge on any atom is 0.306 e. The number of hydrogen-bond acceptors (Lipinski definition) is 3. The van der Waals surface area contributed by atoms with Crippen LogP contribution in [0.25, 0.3) is 0 Å². The number of nitrogens with zero attached hydrogens (tertiary/aromatic N) is 1. The van der Waals surface area contributed by atoms with E-state index in [2.05, 4.69) is 4.90 Å². The van der Waals surface area contributed by atoms with Crippen LogP contribution in [0, 0.1) is 5.92 Å². The minimum Gasteiger partial charge on any atom is -0.481 e. The molecule has 2 heterocycles. The van der Waals surface area contributed by atoms with Gasteiger partial charge in [-0.1, -0.05) is 0 Å². The second kappa shape index (κ2) is 4.00. The van der Waals surface area contributed by atoms with Gasteiger partial charge >= 0.3 is 5.97 Å². The van der Waals surface area contributed by atoms with E-state index in [9.17, 15) is 4.79 Å². The molecule has 3 rings (SSSR count). The van der Waals surface area contributed by atoms with Gasteiger partial charge in [-0.05, 0) is 32.1 Å². The van der Waals surface area contributed by atoms with Gasteiger partial charge in [0.2, 0.25) is 0 Å². The third kappa shape index (κ3) is 1.64. The van der Waals surface area contributed by atoms with Crippen molar-refractivity contribution in [3.63, 3.8) is 0 Å². The molecule has 16 heavy (non-hydrogen) atoms. The molecular formula is C12H19NO3. The first-order valence-corrected chi connectivity index (χ1v) is 6.33. The molecule has 0 aromatic heterocycles. The highest BCUT2D eigenvalue weighted by Gasteiger charge is 2.46. The van der Waals surface area contributed by atoms with E-state index in [0.29, 0.717) is 18.1 Å². The molecule has 0 aromatic carbocycles. The van der Waals surface area contributed by atoms with E-state index in [0.717, 1.165) is 38.9 Å². The molecule has 2 atom stereocenters. The van der Waals surface area contributed by atoms with Gasteiger partial charge in [-0.2, -0.15) is 0 Å². The number of carboxylic acid groups (broad SMARTS) is 1. The predicted molar refractivity (Wildman–Crippen MR) is 58.2 cm³/mol. The summed E-state index contributed by atoms with van der Waals surface area (Å²) in [6, 6.07) is 1.89. The van der Waals surface area contributed by atoms with Gasteiger partial charge in [-0.25, -0.2) is 0 Å². The van der Waals surface area contributed by atoms with Crippen molar-refractivity contribution in [2.24, 2.45) is 5.92 Å². The van der Waals surface area contributed by atoms with Crippen molar-refractivity contribution in [1.29, 1.82) is 0 Å². The van der Waals surface area contributed by atoms with Crippen LogP contribution < -0.4 is 0 Å². The highest BCUT2D eigenvalue weighted by Crippen LogP contribution is 2.38. The zero-order valence-corrected chi connectivity index (χ0v) is 9.47. The molecule has 0 unspecified atom stereocenters. The van der Waals surface area contributed by atoms with E-state index in [-0.39, 0.29) is 5.92 Å². The Bertz CT molecular complexity index is 272. The zero-order chi connectivity index (χ0) is 11.1. The van der Waals surface area contributed by atoms with E-state index in [1.165, 1.54) is 6.42 Å². The molecule has 0 amide bonds. The fraction of sp³-hybridized carbons (Fsp3) is 0.917. The van der Waals surface area contributed by atoms with Gasteiger partial charge in [0.15, 0.2) is 0 Å². The maximum absolute atomic E-state index is 10.9. The number of rotatable bonds is 2. The Morgan fingerprint density at radius 2 is 1.69 bits per heavy atom. The molecule has 3 aliphatic rings. The lowest BCUT2D eigenvalue weighted by atomic mass is 9.80. The summed E-state index contributed by atoms with van der Waals surface area (Å²) in [6.45, 7) is 1.77. The number of hydrogen-bond donors (Lipinski definition) is 1. The third-order valence-electron chi connectivity index (χ3n) is 4.48. The number of carboxylic acids is 1. The summed E-state index contributed by atoms with van der Waals surface area (Å²) < 4.78 is 5.48. The standard InChI is InChI=1S/C12H19NO3/c14-12(15)8-1-3-9(4-2-8)13-10-5-11(13)7-16-6-10/h8-11H,1-7H2,(H,14,15)/t8?,9?,10-,11-/m1/s1. The second-order valence-corrected chi connectivity index (χ2v) is 5.37. The number of morpholine rings is 1. The van der Waals surface area contributed by atoms with E-state index in [1.54, 1.807) is 0 Å². The Morgan fingerprint density at radius 1 is 1.06 bits per heavy atom. The number of carbonyl (C=O) groups is 1. The molecule has 3 fully saturated rings. The molecule has 4 nitrogen and oxygen atoms in total. The monoisotopic (exact) mass is 225 g/mol. The van der Waals surface area contributed by atoms with Gasteiger partial charge in [-0.3, -0.25) is 9.69 Å². The van der Waals surface area contributed by atoms with Gasteiger partial charge in [0.05, 0.1) is 19.1 Å². The number of aliphatic carboxylic acids is 1. The van der Waals surface area contributed by atoms with Crippen LogP contribution in [0.3, 0.4) is 0 Å². The van der Waals surface area contributed by atoms with E-state index < -0.39 is 5.97 Å². The van der Waals surface area contributed by atoms with Gasteiger partial charge in [-0.15, -0.1) is 0 Å². The molecule has 90 valence electrons. The molecule has 1 aliphatic carbocycles. The maximum atomic E-state index is 10.9. The summed E-state index contributed by atoms with van der Waals surface area (Å²) in [5, 5.41) is 8.96. The minimum absolute atomic E-state index is 0.0892. The lowest BCUT2D eigenvalue weighted by Crippen LogP contribution is -2.67. The van der Waals surface area contributed by atoms with Gasteiger partial charge in [0.1, 0.15) is 0 Å². The van der Waals surface area contributed by atoms with Crippen LogP contribution in [0.15, 0.2) is 0 Å². The summed E-state index contributed by atoms with van der Waals surface area (Å²) in [4.78, 5) is 13.5. The SMILES string of the molecule is O=C(O)C1CCC(N2[C@H]3COC[C@H]2C3)CC1. The van der Waals surface area contributed by atoms with Crippen LogP contribution in [-0.4, -0.2) is 47.3 Å². The summed E-state index contributed by atoms with van der Waals surface area (Å²) in [5.41, 5.74) is 0. The molecule has 2 bridgehead atoms. The van der Waals surface area contributed by atoms with Crippen LogP contribution in [-0.2, 0) is 9.53 Å². The first-order valence-electron chi connectivity index (χ1n) is 6.33. The van der Waals surface area contributed by atoms with Gasteiger partial charge in [0, 0.05) is 18.1 Å². The summed E-state index contributed by atoms with van der Waals surface area (Å²) in [7, 11) is 0. The number of fused-ring (bicyclic) bond motifs is 2. The Hall–Kier alpha value is -0.610. The van der Waals surface area contributed by atoms with Gasteiger partial charge in [0.25, 0.3) is 0 Å². The smallest absolute Gasteiger partial charge is 0.306 e. The van der Waals surface area contributed by atoms with Crippen LogP contribution in [0.4, 0.5) is 0 Å². The Labute approximate surface area is 95.6 Å². The Kier molecular flexibility index (Phi) is 2.64. The molecule has 2 saturated heterocycles. The number of ether oxygens (including phenoxy) is 1. The van der Waals surface area contributed by atoms with Crippen molar-refractivity contribution in [3.05, 3.63) is 0 Å². The van der Waals surface area contributed by atoms with Crippen molar-refractivity contribution in [2.75, 3.05) is 13.2 Å². The van der Waals surface area contributed by atoms with Gasteiger partial charge < -0.3 is 9.84 Å². The van der Waals surface area contributed by atoms with Crippen molar-refractivity contribution in [1.82, 2.24) is 4.90 Å². The zero-order valence-electron chi connectivity index (χ0n) is 9.47. The molecule has 0 aromatic rings. The summed E-state index contributed by atoms with van der Waals surface area (Å²) >= 11 is 0. The quantitative estimate of drug-likeness (QED) is 0.764. The molecule has 2 aliphatic heterocycles. The van der Waals surface area contributed by atoms with Crippen LogP contribution in [0.1, 0.15) is 32.1 Å². The summed E-state index contributed by atoms with van der Waals surface area (Å²) in [5.74, 6) is -0.695. The minimum atomic E-state index is -0.606. The van der Waals surface area contributed by atoms with Crippen molar-refractivity contribution in [3.8, 4) is 0 Å².